The standard InChI is InChI=1S/C18H19ClN2O5/c1-24-12-6-4-5-11(7-12)18(23)20-10-17(22)21-14-9-15(25-2)13(19)8-16(14)26-3/h4-9H,10H2,1-3H3,(H,20,23)(H,21,22). The Hall–Kier alpha value is -2.93. The lowest BCUT2D eigenvalue weighted by molar-refractivity contribution is -0.115. The first-order chi connectivity index (χ1) is 12.5. The molecule has 0 unspecified atom stereocenters. The number of benzene rings is 2. The summed E-state index contributed by atoms with van der Waals surface area (Å²) in [5, 5.41) is 5.55. The predicted molar refractivity (Wildman–Crippen MR) is 98.5 cm³/mol. The van der Waals surface area contributed by atoms with Crippen LogP contribution in [0, 0.1) is 0 Å². The summed E-state index contributed by atoms with van der Waals surface area (Å²) in [6.45, 7) is -0.218. The van der Waals surface area contributed by atoms with E-state index in [1.54, 1.807) is 30.3 Å². The molecule has 138 valence electrons. The van der Waals surface area contributed by atoms with E-state index in [0.717, 1.165) is 0 Å². The van der Waals surface area contributed by atoms with E-state index < -0.39 is 5.91 Å². The largest absolute Gasteiger partial charge is 0.497 e. The van der Waals surface area contributed by atoms with Crippen molar-refractivity contribution >= 4 is 29.1 Å². The molecule has 2 aromatic rings. The molecule has 2 amide bonds. The fourth-order valence-electron chi connectivity index (χ4n) is 2.18. The molecular weight excluding hydrogens is 360 g/mol. The molecule has 26 heavy (non-hydrogen) atoms. The van der Waals surface area contributed by atoms with Gasteiger partial charge in [0.05, 0.1) is 38.6 Å². The maximum atomic E-state index is 12.1. The van der Waals surface area contributed by atoms with E-state index >= 15 is 0 Å². The quantitative estimate of drug-likeness (QED) is 0.773. The Morgan fingerprint density at radius 3 is 2.38 bits per heavy atom. The van der Waals surface area contributed by atoms with Crippen LogP contribution in [0.25, 0.3) is 0 Å². The minimum atomic E-state index is -0.427. The molecule has 0 aliphatic rings. The van der Waals surface area contributed by atoms with Crippen LogP contribution in [0.15, 0.2) is 36.4 Å². The van der Waals surface area contributed by atoms with Crippen molar-refractivity contribution in [2.24, 2.45) is 0 Å². The summed E-state index contributed by atoms with van der Waals surface area (Å²) >= 11 is 6.03. The highest BCUT2D eigenvalue weighted by molar-refractivity contribution is 6.32. The second-order valence-electron chi connectivity index (χ2n) is 5.15. The van der Waals surface area contributed by atoms with Gasteiger partial charge in [-0.1, -0.05) is 17.7 Å². The molecule has 7 nitrogen and oxygen atoms in total. The van der Waals surface area contributed by atoms with Gasteiger partial charge in [0, 0.05) is 17.7 Å². The molecule has 0 fully saturated rings. The number of carbonyl (C=O) groups is 2. The molecular formula is C18H19ClN2O5. The summed E-state index contributed by atoms with van der Waals surface area (Å²) in [7, 11) is 4.43. The average Bonchev–Trinajstić information content (AvgIpc) is 2.67. The molecule has 0 aliphatic heterocycles. The van der Waals surface area contributed by atoms with Gasteiger partial charge in [-0.2, -0.15) is 0 Å². The zero-order chi connectivity index (χ0) is 19.1. The van der Waals surface area contributed by atoms with E-state index in [1.807, 2.05) is 0 Å². The molecule has 0 bridgehead atoms. The lowest BCUT2D eigenvalue weighted by atomic mass is 10.2. The molecule has 0 aromatic heterocycles. The number of rotatable bonds is 7. The Kier molecular flexibility index (Phi) is 6.68. The fourth-order valence-corrected chi connectivity index (χ4v) is 2.41. The molecule has 0 saturated heterocycles. The maximum Gasteiger partial charge on any atom is 0.251 e. The highest BCUT2D eigenvalue weighted by atomic mass is 35.5. The molecule has 0 heterocycles. The predicted octanol–water partition coefficient (Wildman–Crippen LogP) is 2.73. The van der Waals surface area contributed by atoms with E-state index in [1.165, 1.54) is 27.4 Å². The van der Waals surface area contributed by atoms with Gasteiger partial charge in [0.2, 0.25) is 5.91 Å². The maximum absolute atomic E-state index is 12.1. The van der Waals surface area contributed by atoms with Crippen LogP contribution in [0.2, 0.25) is 5.02 Å². The van der Waals surface area contributed by atoms with Crippen molar-refractivity contribution in [3.8, 4) is 17.2 Å². The van der Waals surface area contributed by atoms with E-state index in [9.17, 15) is 9.59 Å². The zero-order valence-corrected chi connectivity index (χ0v) is 15.3. The van der Waals surface area contributed by atoms with E-state index in [4.69, 9.17) is 25.8 Å². The Labute approximate surface area is 156 Å². The van der Waals surface area contributed by atoms with Crippen LogP contribution >= 0.6 is 11.6 Å². The smallest absolute Gasteiger partial charge is 0.251 e. The summed E-state index contributed by atoms with van der Waals surface area (Å²) in [5.74, 6) is 0.509. The first kappa shape index (κ1) is 19.4. The minimum Gasteiger partial charge on any atom is -0.497 e. The van der Waals surface area contributed by atoms with Gasteiger partial charge in [0.15, 0.2) is 0 Å². The molecule has 8 heteroatoms. The van der Waals surface area contributed by atoms with Crippen molar-refractivity contribution in [3.05, 3.63) is 47.0 Å². The Balaban J connectivity index is 2.01. The lowest BCUT2D eigenvalue weighted by Gasteiger charge is -2.13. The third kappa shape index (κ3) is 4.80. The Morgan fingerprint density at radius 1 is 1.00 bits per heavy atom. The van der Waals surface area contributed by atoms with Crippen LogP contribution in [-0.2, 0) is 4.79 Å². The van der Waals surface area contributed by atoms with Crippen LogP contribution in [0.1, 0.15) is 10.4 Å². The summed E-state index contributed by atoms with van der Waals surface area (Å²) in [6, 6.07) is 9.71. The van der Waals surface area contributed by atoms with Gasteiger partial charge in [0.25, 0.3) is 5.91 Å². The lowest BCUT2D eigenvalue weighted by Crippen LogP contribution is -2.32. The minimum absolute atomic E-state index is 0.218. The van der Waals surface area contributed by atoms with Gasteiger partial charge in [-0.25, -0.2) is 0 Å². The fraction of sp³-hybridized carbons (Fsp3) is 0.222. The van der Waals surface area contributed by atoms with Crippen LogP contribution in [0.4, 0.5) is 5.69 Å². The van der Waals surface area contributed by atoms with Gasteiger partial charge in [-0.05, 0) is 18.2 Å². The molecule has 0 spiro atoms. The normalized spacial score (nSPS) is 10.0. The number of hydrogen-bond donors (Lipinski definition) is 2. The number of carbonyl (C=O) groups excluding carboxylic acids is 2. The second-order valence-corrected chi connectivity index (χ2v) is 5.56. The van der Waals surface area contributed by atoms with Gasteiger partial charge in [-0.3, -0.25) is 9.59 Å². The van der Waals surface area contributed by atoms with Crippen LogP contribution in [0.5, 0.6) is 17.2 Å². The SMILES string of the molecule is COc1cccc(C(=O)NCC(=O)Nc2cc(OC)c(Cl)cc2OC)c1. The zero-order valence-electron chi connectivity index (χ0n) is 14.6. The van der Waals surface area contributed by atoms with Crippen molar-refractivity contribution < 1.29 is 23.8 Å². The molecule has 0 saturated carbocycles. The number of halogens is 1. The first-order valence-electron chi connectivity index (χ1n) is 7.62. The third-order valence-corrected chi connectivity index (χ3v) is 3.78. The Morgan fingerprint density at radius 2 is 1.73 bits per heavy atom. The summed E-state index contributed by atoms with van der Waals surface area (Å²) in [4.78, 5) is 24.3. The van der Waals surface area contributed by atoms with E-state index in [-0.39, 0.29) is 12.5 Å². The van der Waals surface area contributed by atoms with E-state index in [2.05, 4.69) is 10.6 Å². The molecule has 2 rings (SSSR count). The van der Waals surface area contributed by atoms with Gasteiger partial charge in [0.1, 0.15) is 17.2 Å². The number of ether oxygens (including phenoxy) is 3. The monoisotopic (exact) mass is 378 g/mol. The first-order valence-corrected chi connectivity index (χ1v) is 8.00. The number of nitrogens with one attached hydrogen (secondary N) is 2. The van der Waals surface area contributed by atoms with Gasteiger partial charge in [-0.15, -0.1) is 0 Å². The topological polar surface area (TPSA) is 85.9 Å². The highest BCUT2D eigenvalue weighted by Crippen LogP contribution is 2.35. The van der Waals surface area contributed by atoms with Crippen molar-refractivity contribution in [3.63, 3.8) is 0 Å². The van der Waals surface area contributed by atoms with Crippen LogP contribution < -0.4 is 24.8 Å². The molecule has 0 atom stereocenters. The van der Waals surface area contributed by atoms with Gasteiger partial charge >= 0.3 is 0 Å². The number of amides is 2. The van der Waals surface area contributed by atoms with Crippen molar-refractivity contribution in [2.45, 2.75) is 0 Å². The third-order valence-electron chi connectivity index (χ3n) is 3.49. The second kappa shape index (κ2) is 8.96. The average molecular weight is 379 g/mol. The van der Waals surface area contributed by atoms with E-state index in [0.29, 0.717) is 33.5 Å². The molecule has 0 aliphatic carbocycles. The summed E-state index contributed by atoms with van der Waals surface area (Å²) in [6.07, 6.45) is 0. The Bertz CT molecular complexity index is 810. The van der Waals surface area contributed by atoms with Crippen LogP contribution in [0.3, 0.4) is 0 Å². The van der Waals surface area contributed by atoms with Crippen LogP contribution in [-0.4, -0.2) is 39.7 Å². The summed E-state index contributed by atoms with van der Waals surface area (Å²) < 4.78 is 15.4. The summed E-state index contributed by atoms with van der Waals surface area (Å²) in [5.41, 5.74) is 0.775. The molecule has 2 N–H and O–H groups in total. The van der Waals surface area contributed by atoms with Crippen molar-refractivity contribution in [2.75, 3.05) is 33.2 Å². The molecule has 2 aromatic carbocycles. The molecule has 0 radical (unpaired) electrons. The highest BCUT2D eigenvalue weighted by Gasteiger charge is 2.14. The number of methoxy groups -OCH3 is 3. The number of anilines is 1. The van der Waals surface area contributed by atoms with Crippen molar-refractivity contribution in [1.29, 1.82) is 0 Å². The van der Waals surface area contributed by atoms with Gasteiger partial charge < -0.3 is 24.8 Å². The number of hydrogen-bond acceptors (Lipinski definition) is 5. The van der Waals surface area contributed by atoms with Crippen molar-refractivity contribution in [1.82, 2.24) is 5.32 Å².